The molecule has 5 heteroatoms. The van der Waals surface area contributed by atoms with E-state index in [9.17, 15) is 9.90 Å². The zero-order valence-corrected chi connectivity index (χ0v) is 15.0. The van der Waals surface area contributed by atoms with Gasteiger partial charge in [0.25, 0.3) is 5.91 Å². The number of hydrogen-bond acceptors (Lipinski definition) is 3. The first-order valence-corrected chi connectivity index (χ1v) is 8.72. The summed E-state index contributed by atoms with van der Waals surface area (Å²) in [6, 6.07) is 16.9. The molecule has 134 valence electrons. The van der Waals surface area contributed by atoms with Crippen LogP contribution in [0.15, 0.2) is 67.0 Å². The summed E-state index contributed by atoms with van der Waals surface area (Å²) in [4.78, 5) is 14.6. The van der Waals surface area contributed by atoms with Crippen LogP contribution in [0.2, 0.25) is 0 Å². The maximum absolute atomic E-state index is 12.9. The Morgan fingerprint density at radius 2 is 1.96 bits per heavy atom. The molecule has 0 radical (unpaired) electrons. The molecule has 3 aromatic rings. The van der Waals surface area contributed by atoms with Crippen molar-refractivity contribution in [3.05, 3.63) is 83.7 Å². The fraction of sp³-hybridized carbons (Fsp3) is 0.238. The molecule has 0 fully saturated rings. The van der Waals surface area contributed by atoms with Crippen molar-refractivity contribution in [1.82, 2.24) is 14.7 Å². The second-order valence-electron chi connectivity index (χ2n) is 6.27. The summed E-state index contributed by atoms with van der Waals surface area (Å²) < 4.78 is 1.72. The topological polar surface area (TPSA) is 58.4 Å². The predicted molar refractivity (Wildman–Crippen MR) is 101 cm³/mol. The molecule has 0 bridgehead atoms. The SMILES string of the molecule is CCN(CC(O)c1ccc(C)cc1)C(=O)c1cccc(-n2cccn2)c1. The van der Waals surface area contributed by atoms with E-state index in [0.29, 0.717) is 12.1 Å². The minimum atomic E-state index is -0.714. The molecule has 0 spiro atoms. The van der Waals surface area contributed by atoms with Crippen LogP contribution in [0.4, 0.5) is 0 Å². The van der Waals surface area contributed by atoms with E-state index < -0.39 is 6.10 Å². The number of aliphatic hydroxyl groups is 1. The first kappa shape index (κ1) is 17.9. The second kappa shape index (κ2) is 7.97. The van der Waals surface area contributed by atoms with Crippen LogP contribution >= 0.6 is 0 Å². The summed E-state index contributed by atoms with van der Waals surface area (Å²) in [7, 11) is 0. The van der Waals surface area contributed by atoms with Gasteiger partial charge in [0.2, 0.25) is 0 Å². The minimum Gasteiger partial charge on any atom is -0.387 e. The number of likely N-dealkylation sites (N-methyl/N-ethyl adjacent to an activating group) is 1. The van der Waals surface area contributed by atoms with Crippen molar-refractivity contribution in [2.45, 2.75) is 20.0 Å². The molecule has 1 heterocycles. The highest BCUT2D eigenvalue weighted by Gasteiger charge is 2.19. The van der Waals surface area contributed by atoms with Crippen LogP contribution in [0, 0.1) is 6.92 Å². The van der Waals surface area contributed by atoms with E-state index in [2.05, 4.69) is 5.10 Å². The second-order valence-corrected chi connectivity index (χ2v) is 6.27. The molecule has 3 rings (SSSR count). The molecule has 1 N–H and O–H groups in total. The molecule has 0 saturated carbocycles. The van der Waals surface area contributed by atoms with Gasteiger partial charge < -0.3 is 10.0 Å². The fourth-order valence-corrected chi connectivity index (χ4v) is 2.84. The third-order valence-corrected chi connectivity index (χ3v) is 4.39. The number of benzene rings is 2. The average molecular weight is 349 g/mol. The molecule has 0 aliphatic rings. The number of nitrogens with zero attached hydrogens (tertiary/aromatic N) is 3. The van der Waals surface area contributed by atoms with Gasteiger partial charge in [-0.05, 0) is 43.7 Å². The van der Waals surface area contributed by atoms with E-state index in [4.69, 9.17) is 0 Å². The van der Waals surface area contributed by atoms with Gasteiger partial charge in [0.1, 0.15) is 0 Å². The number of aryl methyl sites for hydroxylation is 1. The lowest BCUT2D eigenvalue weighted by atomic mass is 10.1. The Morgan fingerprint density at radius 1 is 1.19 bits per heavy atom. The van der Waals surface area contributed by atoms with Crippen LogP contribution in [0.5, 0.6) is 0 Å². The highest BCUT2D eigenvalue weighted by Crippen LogP contribution is 2.18. The van der Waals surface area contributed by atoms with Gasteiger partial charge in [-0.2, -0.15) is 5.10 Å². The zero-order valence-electron chi connectivity index (χ0n) is 15.0. The number of carbonyl (C=O) groups is 1. The van der Waals surface area contributed by atoms with Crippen molar-refractivity contribution < 1.29 is 9.90 Å². The smallest absolute Gasteiger partial charge is 0.254 e. The summed E-state index contributed by atoms with van der Waals surface area (Å²) in [5.41, 5.74) is 3.36. The quantitative estimate of drug-likeness (QED) is 0.742. The summed E-state index contributed by atoms with van der Waals surface area (Å²) in [6.45, 7) is 4.69. The summed E-state index contributed by atoms with van der Waals surface area (Å²) >= 11 is 0. The van der Waals surface area contributed by atoms with Gasteiger partial charge in [-0.3, -0.25) is 4.79 Å². The van der Waals surface area contributed by atoms with Gasteiger partial charge in [-0.15, -0.1) is 0 Å². The lowest BCUT2D eigenvalue weighted by molar-refractivity contribution is 0.0635. The van der Waals surface area contributed by atoms with Crippen LogP contribution in [0.25, 0.3) is 5.69 Å². The molecule has 26 heavy (non-hydrogen) atoms. The van der Waals surface area contributed by atoms with Crippen molar-refractivity contribution in [1.29, 1.82) is 0 Å². The molecule has 1 aromatic heterocycles. The molecule has 1 atom stereocenters. The predicted octanol–water partition coefficient (Wildman–Crippen LogP) is 3.38. The summed E-state index contributed by atoms with van der Waals surface area (Å²) in [6.07, 6.45) is 2.82. The van der Waals surface area contributed by atoms with Gasteiger partial charge in [0, 0.05) is 24.5 Å². The van der Waals surface area contributed by atoms with Crippen LogP contribution in [0.1, 0.15) is 34.5 Å². The van der Waals surface area contributed by atoms with E-state index in [-0.39, 0.29) is 12.5 Å². The Bertz CT molecular complexity index is 857. The third-order valence-electron chi connectivity index (χ3n) is 4.39. The van der Waals surface area contributed by atoms with Crippen molar-refractivity contribution in [2.24, 2.45) is 0 Å². The number of hydrogen-bond donors (Lipinski definition) is 1. The molecule has 0 aliphatic heterocycles. The Morgan fingerprint density at radius 3 is 2.62 bits per heavy atom. The Hall–Kier alpha value is -2.92. The van der Waals surface area contributed by atoms with Crippen molar-refractivity contribution in [2.75, 3.05) is 13.1 Å². The highest BCUT2D eigenvalue weighted by atomic mass is 16.3. The lowest BCUT2D eigenvalue weighted by Crippen LogP contribution is -2.34. The Labute approximate surface area is 153 Å². The normalized spacial score (nSPS) is 12.0. The number of aromatic nitrogens is 2. The molecular weight excluding hydrogens is 326 g/mol. The molecule has 2 aromatic carbocycles. The molecular formula is C21H23N3O2. The van der Waals surface area contributed by atoms with Gasteiger partial charge >= 0.3 is 0 Å². The molecule has 1 amide bonds. The lowest BCUT2D eigenvalue weighted by Gasteiger charge is -2.24. The molecule has 0 aliphatic carbocycles. The van der Waals surface area contributed by atoms with Crippen LogP contribution in [-0.4, -0.2) is 38.8 Å². The maximum Gasteiger partial charge on any atom is 0.254 e. The highest BCUT2D eigenvalue weighted by molar-refractivity contribution is 5.94. The van der Waals surface area contributed by atoms with E-state index in [0.717, 1.165) is 16.8 Å². The van der Waals surface area contributed by atoms with E-state index in [1.165, 1.54) is 0 Å². The van der Waals surface area contributed by atoms with Gasteiger partial charge in [0.15, 0.2) is 0 Å². The summed E-state index contributed by atoms with van der Waals surface area (Å²) in [5.74, 6) is -0.104. The van der Waals surface area contributed by atoms with Crippen molar-refractivity contribution in [3.63, 3.8) is 0 Å². The monoisotopic (exact) mass is 349 g/mol. The number of aliphatic hydroxyl groups excluding tert-OH is 1. The zero-order chi connectivity index (χ0) is 18.5. The van der Waals surface area contributed by atoms with Gasteiger partial charge in [-0.1, -0.05) is 35.9 Å². The molecule has 0 saturated heterocycles. The van der Waals surface area contributed by atoms with E-state index >= 15 is 0 Å². The Kier molecular flexibility index (Phi) is 5.49. The number of rotatable bonds is 6. The van der Waals surface area contributed by atoms with Gasteiger partial charge in [-0.25, -0.2) is 4.68 Å². The molecule has 1 unspecified atom stereocenters. The summed E-state index contributed by atoms with van der Waals surface area (Å²) in [5, 5.41) is 14.7. The van der Waals surface area contributed by atoms with Crippen LogP contribution < -0.4 is 0 Å². The minimum absolute atomic E-state index is 0.104. The van der Waals surface area contributed by atoms with Crippen LogP contribution in [0.3, 0.4) is 0 Å². The first-order chi connectivity index (χ1) is 12.6. The van der Waals surface area contributed by atoms with Crippen molar-refractivity contribution in [3.8, 4) is 5.69 Å². The molecule has 5 nitrogen and oxygen atoms in total. The van der Waals surface area contributed by atoms with Gasteiger partial charge in [0.05, 0.1) is 18.3 Å². The fourth-order valence-electron chi connectivity index (χ4n) is 2.84. The number of carbonyl (C=O) groups excluding carboxylic acids is 1. The number of amides is 1. The van der Waals surface area contributed by atoms with Crippen molar-refractivity contribution >= 4 is 5.91 Å². The Balaban J connectivity index is 1.76. The van der Waals surface area contributed by atoms with E-state index in [1.54, 1.807) is 21.8 Å². The third kappa shape index (κ3) is 4.00. The largest absolute Gasteiger partial charge is 0.387 e. The standard InChI is InChI=1S/C21H23N3O2/c1-3-23(15-20(25)17-10-8-16(2)9-11-17)21(26)18-6-4-7-19(14-18)24-13-5-12-22-24/h4-14,20,25H,3,15H2,1-2H3. The first-order valence-electron chi connectivity index (χ1n) is 8.72. The van der Waals surface area contributed by atoms with Crippen LogP contribution in [-0.2, 0) is 0 Å². The maximum atomic E-state index is 12.9. The van der Waals surface area contributed by atoms with E-state index in [1.807, 2.05) is 68.6 Å². The average Bonchev–Trinajstić information content (AvgIpc) is 3.21.